The van der Waals surface area contributed by atoms with E-state index in [1.165, 1.54) is 38.4 Å². The number of nitrogens with zero attached hydrogens (tertiary/aromatic N) is 1. The molecule has 1 unspecified atom stereocenters. The van der Waals surface area contributed by atoms with Gasteiger partial charge in [0.05, 0.1) is 5.75 Å². The molecule has 1 saturated heterocycles. The highest BCUT2D eigenvalue weighted by molar-refractivity contribution is 7.90. The van der Waals surface area contributed by atoms with Gasteiger partial charge in [-0.05, 0) is 26.4 Å². The summed E-state index contributed by atoms with van der Waals surface area (Å²) in [5.41, 5.74) is 0. The molecule has 0 aromatic carbocycles. The van der Waals surface area contributed by atoms with Gasteiger partial charge in [0.25, 0.3) is 0 Å². The van der Waals surface area contributed by atoms with Crippen molar-refractivity contribution in [2.75, 3.05) is 38.7 Å². The largest absolute Gasteiger partial charge is 0.313 e. The van der Waals surface area contributed by atoms with Gasteiger partial charge >= 0.3 is 0 Å². The Balaban J connectivity index is 2.25. The topological polar surface area (TPSA) is 49.4 Å². The van der Waals surface area contributed by atoms with E-state index in [1.807, 2.05) is 7.05 Å². The zero-order valence-electron chi connectivity index (χ0n) is 11.1. The third-order valence-corrected chi connectivity index (χ3v) is 4.21. The van der Waals surface area contributed by atoms with Crippen molar-refractivity contribution in [2.24, 2.45) is 0 Å². The van der Waals surface area contributed by atoms with E-state index in [2.05, 4.69) is 10.2 Å². The van der Waals surface area contributed by atoms with Crippen LogP contribution in [0.5, 0.6) is 0 Å². The van der Waals surface area contributed by atoms with Crippen LogP contribution in [0.3, 0.4) is 0 Å². The van der Waals surface area contributed by atoms with Crippen LogP contribution < -0.4 is 5.32 Å². The molecule has 0 aliphatic carbocycles. The minimum Gasteiger partial charge on any atom is -0.313 e. The summed E-state index contributed by atoms with van der Waals surface area (Å²) in [7, 11) is -0.830. The second kappa shape index (κ2) is 7.34. The normalized spacial score (nSPS) is 23.4. The van der Waals surface area contributed by atoms with Crippen LogP contribution in [0.1, 0.15) is 32.1 Å². The van der Waals surface area contributed by atoms with Gasteiger partial charge in [-0.1, -0.05) is 19.3 Å². The molecule has 1 atom stereocenters. The van der Waals surface area contributed by atoms with Crippen LogP contribution in [0.4, 0.5) is 0 Å². The van der Waals surface area contributed by atoms with Crippen molar-refractivity contribution in [1.29, 1.82) is 0 Å². The second-order valence-electron chi connectivity index (χ2n) is 5.25. The predicted molar refractivity (Wildman–Crippen MR) is 72.1 cm³/mol. The first-order valence-electron chi connectivity index (χ1n) is 6.57. The fraction of sp³-hybridized carbons (Fsp3) is 1.00. The lowest BCUT2D eigenvalue weighted by Crippen LogP contribution is -2.41. The predicted octanol–water partition coefficient (Wildman–Crippen LogP) is 0.885. The smallest absolute Gasteiger partial charge is 0.148 e. The summed E-state index contributed by atoms with van der Waals surface area (Å²) in [6, 6.07) is 0.528. The first kappa shape index (κ1) is 14.9. The first-order valence-corrected chi connectivity index (χ1v) is 8.63. The molecular weight excluding hydrogens is 236 g/mol. The number of rotatable bonds is 5. The highest BCUT2D eigenvalue weighted by Gasteiger charge is 2.13. The summed E-state index contributed by atoms with van der Waals surface area (Å²) in [4.78, 5) is 2.13. The summed E-state index contributed by atoms with van der Waals surface area (Å²) in [5, 5.41) is 3.56. The monoisotopic (exact) mass is 262 g/mol. The lowest BCUT2D eigenvalue weighted by Gasteiger charge is -2.26. The average Bonchev–Trinajstić information content (AvgIpc) is 2.18. The van der Waals surface area contributed by atoms with E-state index in [1.54, 1.807) is 0 Å². The Morgan fingerprint density at radius 2 is 1.94 bits per heavy atom. The summed E-state index contributed by atoms with van der Waals surface area (Å²) in [5.74, 6) is 0.260. The van der Waals surface area contributed by atoms with E-state index >= 15 is 0 Å². The van der Waals surface area contributed by atoms with Gasteiger partial charge in [-0.25, -0.2) is 8.42 Å². The van der Waals surface area contributed by atoms with Crippen LogP contribution in [0.2, 0.25) is 0 Å². The fourth-order valence-electron chi connectivity index (χ4n) is 2.22. The molecule has 0 spiro atoms. The first-order chi connectivity index (χ1) is 7.97. The lowest BCUT2D eigenvalue weighted by atomic mass is 10.0. The fourth-order valence-corrected chi connectivity index (χ4v) is 2.87. The molecule has 17 heavy (non-hydrogen) atoms. The van der Waals surface area contributed by atoms with Gasteiger partial charge < -0.3 is 10.2 Å². The molecule has 4 nitrogen and oxygen atoms in total. The zero-order chi connectivity index (χ0) is 12.7. The summed E-state index contributed by atoms with van der Waals surface area (Å²) >= 11 is 0. The maximum Gasteiger partial charge on any atom is 0.148 e. The highest BCUT2D eigenvalue weighted by atomic mass is 32.2. The van der Waals surface area contributed by atoms with E-state index in [0.29, 0.717) is 12.6 Å². The second-order valence-corrected chi connectivity index (χ2v) is 7.51. The van der Waals surface area contributed by atoms with E-state index in [-0.39, 0.29) is 5.75 Å². The van der Waals surface area contributed by atoms with Gasteiger partial charge in [-0.3, -0.25) is 0 Å². The van der Waals surface area contributed by atoms with Crippen molar-refractivity contribution >= 4 is 9.84 Å². The quantitative estimate of drug-likeness (QED) is 0.799. The molecule has 102 valence electrons. The van der Waals surface area contributed by atoms with Gasteiger partial charge in [0.1, 0.15) is 9.84 Å². The maximum atomic E-state index is 11.1. The molecule has 1 rings (SSSR count). The average molecular weight is 262 g/mol. The van der Waals surface area contributed by atoms with Gasteiger partial charge in [-0.15, -0.1) is 0 Å². The molecule has 0 bridgehead atoms. The molecule has 0 aromatic heterocycles. The van der Waals surface area contributed by atoms with Crippen LogP contribution in [0.15, 0.2) is 0 Å². The Bertz CT molecular complexity index is 296. The molecule has 1 fully saturated rings. The Morgan fingerprint density at radius 1 is 1.24 bits per heavy atom. The van der Waals surface area contributed by atoms with Crippen molar-refractivity contribution in [3.8, 4) is 0 Å². The number of hydrogen-bond donors (Lipinski definition) is 1. The van der Waals surface area contributed by atoms with Crippen molar-refractivity contribution in [1.82, 2.24) is 10.2 Å². The van der Waals surface area contributed by atoms with Crippen LogP contribution in [-0.2, 0) is 9.84 Å². The Kier molecular flexibility index (Phi) is 6.44. The minimum absolute atomic E-state index is 0.260. The molecular formula is C12H26N2O2S. The molecule has 1 N–H and O–H groups in total. The van der Waals surface area contributed by atoms with Gasteiger partial charge in [0, 0.05) is 25.4 Å². The highest BCUT2D eigenvalue weighted by Crippen LogP contribution is 2.10. The van der Waals surface area contributed by atoms with Crippen LogP contribution in [-0.4, -0.2) is 58.1 Å². The molecule has 5 heteroatoms. The van der Waals surface area contributed by atoms with Crippen LogP contribution in [0.25, 0.3) is 0 Å². The maximum absolute atomic E-state index is 11.1. The summed E-state index contributed by atoms with van der Waals surface area (Å²) in [6.07, 6.45) is 7.74. The van der Waals surface area contributed by atoms with Crippen LogP contribution in [0, 0.1) is 0 Å². The SMILES string of the molecule is CN(CCS(C)(=O)=O)CC1CCCCCCN1. The Labute approximate surface area is 106 Å². The Hall–Kier alpha value is -0.130. The summed E-state index contributed by atoms with van der Waals surface area (Å²) < 4.78 is 22.2. The van der Waals surface area contributed by atoms with E-state index < -0.39 is 9.84 Å². The van der Waals surface area contributed by atoms with E-state index in [0.717, 1.165) is 13.1 Å². The molecule has 1 aliphatic heterocycles. The molecule has 1 aliphatic rings. The third kappa shape index (κ3) is 7.73. The standard InChI is InChI=1S/C12H26N2O2S/c1-14(9-10-17(2,15)16)11-12-7-5-3-4-6-8-13-12/h12-13H,3-11H2,1-2H3. The van der Waals surface area contributed by atoms with Gasteiger partial charge in [0.15, 0.2) is 0 Å². The number of nitrogens with one attached hydrogen (secondary N) is 1. The van der Waals surface area contributed by atoms with Crippen LogP contribution >= 0.6 is 0 Å². The van der Waals surface area contributed by atoms with E-state index in [4.69, 9.17) is 0 Å². The molecule has 1 heterocycles. The van der Waals surface area contributed by atoms with Crippen molar-refractivity contribution in [3.05, 3.63) is 0 Å². The van der Waals surface area contributed by atoms with Crippen molar-refractivity contribution in [2.45, 2.75) is 38.1 Å². The molecule has 0 amide bonds. The number of sulfone groups is 1. The lowest BCUT2D eigenvalue weighted by molar-refractivity contribution is 0.281. The van der Waals surface area contributed by atoms with Gasteiger partial charge in [0.2, 0.25) is 0 Å². The molecule has 0 saturated carbocycles. The number of hydrogen-bond acceptors (Lipinski definition) is 4. The summed E-state index contributed by atoms with van der Waals surface area (Å²) in [6.45, 7) is 2.69. The molecule has 0 radical (unpaired) electrons. The Morgan fingerprint density at radius 3 is 2.65 bits per heavy atom. The van der Waals surface area contributed by atoms with Crippen molar-refractivity contribution < 1.29 is 8.42 Å². The molecule has 0 aromatic rings. The third-order valence-electron chi connectivity index (χ3n) is 3.29. The van der Waals surface area contributed by atoms with Gasteiger partial charge in [-0.2, -0.15) is 0 Å². The number of likely N-dealkylation sites (N-methyl/N-ethyl adjacent to an activating group) is 1. The van der Waals surface area contributed by atoms with E-state index in [9.17, 15) is 8.42 Å². The zero-order valence-corrected chi connectivity index (χ0v) is 11.9. The minimum atomic E-state index is -2.84. The van der Waals surface area contributed by atoms with Crippen molar-refractivity contribution in [3.63, 3.8) is 0 Å².